The number of amides is 2. The van der Waals surface area contributed by atoms with Gasteiger partial charge in [-0.2, -0.15) is 13.2 Å². The first kappa shape index (κ1) is 19.0. The van der Waals surface area contributed by atoms with Gasteiger partial charge in [0, 0.05) is 31.1 Å². The molecule has 4 rings (SSSR count). The van der Waals surface area contributed by atoms with E-state index in [2.05, 4.69) is 10.3 Å². The third-order valence-corrected chi connectivity index (χ3v) is 5.07. The molecule has 0 aliphatic carbocycles. The van der Waals surface area contributed by atoms with E-state index in [-0.39, 0.29) is 36.9 Å². The zero-order valence-corrected chi connectivity index (χ0v) is 15.3. The van der Waals surface area contributed by atoms with Crippen molar-refractivity contribution in [3.8, 4) is 0 Å². The highest BCUT2D eigenvalue weighted by atomic mass is 19.4. The van der Waals surface area contributed by atoms with Gasteiger partial charge in [-0.05, 0) is 23.8 Å². The van der Waals surface area contributed by atoms with Crippen molar-refractivity contribution in [2.75, 3.05) is 6.54 Å². The summed E-state index contributed by atoms with van der Waals surface area (Å²) in [5, 5.41) is 3.72. The fraction of sp³-hybridized carbons (Fsp3) is 0.238. The quantitative estimate of drug-likeness (QED) is 0.700. The summed E-state index contributed by atoms with van der Waals surface area (Å²) in [5.41, 5.74) is 0.446. The molecule has 8 heteroatoms. The maximum Gasteiger partial charge on any atom is 0.416 e. The van der Waals surface area contributed by atoms with Crippen LogP contribution < -0.4 is 5.32 Å². The van der Waals surface area contributed by atoms with Crippen LogP contribution in [-0.2, 0) is 17.5 Å². The van der Waals surface area contributed by atoms with Crippen molar-refractivity contribution in [2.45, 2.75) is 25.2 Å². The number of aromatic amines is 1. The van der Waals surface area contributed by atoms with E-state index in [1.165, 1.54) is 23.1 Å². The molecule has 2 amide bonds. The van der Waals surface area contributed by atoms with Crippen LogP contribution in [-0.4, -0.2) is 34.3 Å². The van der Waals surface area contributed by atoms with E-state index in [9.17, 15) is 22.8 Å². The maximum atomic E-state index is 13.2. The topological polar surface area (TPSA) is 65.2 Å². The van der Waals surface area contributed by atoms with Gasteiger partial charge >= 0.3 is 6.18 Å². The van der Waals surface area contributed by atoms with Gasteiger partial charge in [0.1, 0.15) is 0 Å². The maximum absolute atomic E-state index is 13.2. The average molecular weight is 401 g/mol. The van der Waals surface area contributed by atoms with E-state index in [1.54, 1.807) is 18.3 Å². The molecule has 1 aliphatic heterocycles. The minimum atomic E-state index is -4.48. The molecule has 2 heterocycles. The molecule has 0 bridgehead atoms. The van der Waals surface area contributed by atoms with Crippen molar-refractivity contribution in [3.63, 3.8) is 0 Å². The lowest BCUT2D eigenvalue weighted by molar-refractivity contribution is -0.139. The minimum absolute atomic E-state index is 0.0384. The monoisotopic (exact) mass is 401 g/mol. The van der Waals surface area contributed by atoms with Gasteiger partial charge in [-0.25, -0.2) is 0 Å². The second-order valence-corrected chi connectivity index (χ2v) is 7.05. The fourth-order valence-corrected chi connectivity index (χ4v) is 3.70. The van der Waals surface area contributed by atoms with E-state index < -0.39 is 17.8 Å². The van der Waals surface area contributed by atoms with Crippen molar-refractivity contribution >= 4 is 22.7 Å². The lowest BCUT2D eigenvalue weighted by atomic mass is 10.1. The van der Waals surface area contributed by atoms with Crippen LogP contribution in [0.2, 0.25) is 0 Å². The van der Waals surface area contributed by atoms with Crippen LogP contribution in [0.15, 0.2) is 54.7 Å². The normalized spacial score (nSPS) is 17.1. The third kappa shape index (κ3) is 3.83. The van der Waals surface area contributed by atoms with Crippen LogP contribution in [0.3, 0.4) is 0 Å². The predicted octanol–water partition coefficient (Wildman–Crippen LogP) is 3.72. The Labute approximate surface area is 164 Å². The number of hydrogen-bond donors (Lipinski definition) is 2. The summed E-state index contributed by atoms with van der Waals surface area (Å²) >= 11 is 0. The number of hydrogen-bond acceptors (Lipinski definition) is 2. The first-order valence-electron chi connectivity index (χ1n) is 9.13. The fourth-order valence-electron chi connectivity index (χ4n) is 3.70. The molecule has 2 aromatic carbocycles. The van der Waals surface area contributed by atoms with Gasteiger partial charge in [0.2, 0.25) is 5.91 Å². The summed E-state index contributed by atoms with van der Waals surface area (Å²) < 4.78 is 39.6. The first-order chi connectivity index (χ1) is 13.8. The number of nitrogens with zero attached hydrogens (tertiary/aromatic N) is 1. The van der Waals surface area contributed by atoms with E-state index in [1.807, 2.05) is 12.1 Å². The average Bonchev–Trinajstić information content (AvgIpc) is 3.27. The highest BCUT2D eigenvalue weighted by Crippen LogP contribution is 2.33. The van der Waals surface area contributed by atoms with Crippen LogP contribution >= 0.6 is 0 Å². The summed E-state index contributed by atoms with van der Waals surface area (Å²) in [6.07, 6.45) is -2.69. The lowest BCUT2D eigenvalue weighted by Gasteiger charge is -2.20. The van der Waals surface area contributed by atoms with Crippen molar-refractivity contribution in [2.24, 2.45) is 0 Å². The smallest absolute Gasteiger partial charge is 0.361 e. The Morgan fingerprint density at radius 3 is 2.72 bits per heavy atom. The van der Waals surface area contributed by atoms with Crippen molar-refractivity contribution in [3.05, 3.63) is 71.4 Å². The van der Waals surface area contributed by atoms with Crippen molar-refractivity contribution in [1.82, 2.24) is 15.2 Å². The largest absolute Gasteiger partial charge is 0.416 e. The number of fused-ring (bicyclic) bond motifs is 1. The Hall–Kier alpha value is -3.29. The molecule has 1 aromatic heterocycles. The SMILES string of the molecule is O=C(NC1CC(=O)N(Cc2ccccc2C(F)(F)F)C1)c1cccc2cc[nH]c12. The van der Waals surface area contributed by atoms with Crippen LogP contribution in [0, 0.1) is 0 Å². The summed E-state index contributed by atoms with van der Waals surface area (Å²) in [4.78, 5) is 29.4. The molecule has 1 atom stereocenters. The van der Waals surface area contributed by atoms with Gasteiger partial charge < -0.3 is 15.2 Å². The van der Waals surface area contributed by atoms with Gasteiger partial charge in [0.25, 0.3) is 5.91 Å². The number of H-pyrrole nitrogens is 1. The number of aromatic nitrogens is 1. The molecule has 0 radical (unpaired) electrons. The standard InChI is InChI=1S/C21H18F3N3O2/c22-21(23,24)17-7-2-1-4-14(17)11-27-12-15(10-18(27)28)26-20(29)16-6-3-5-13-8-9-25-19(13)16/h1-9,15,25H,10-12H2,(H,26,29). The summed E-state index contributed by atoms with van der Waals surface area (Å²) in [7, 11) is 0. The molecule has 5 nitrogen and oxygen atoms in total. The number of para-hydroxylation sites is 1. The number of carbonyl (C=O) groups is 2. The number of carbonyl (C=O) groups excluding carboxylic acids is 2. The number of likely N-dealkylation sites (tertiary alicyclic amines) is 1. The summed E-state index contributed by atoms with van der Waals surface area (Å²) in [6.45, 7) is 0.0184. The Morgan fingerprint density at radius 1 is 1.14 bits per heavy atom. The molecule has 2 N–H and O–H groups in total. The number of benzene rings is 2. The number of nitrogens with one attached hydrogen (secondary N) is 2. The van der Waals surface area contributed by atoms with E-state index in [0.29, 0.717) is 11.1 Å². The minimum Gasteiger partial charge on any atom is -0.361 e. The number of rotatable bonds is 4. The molecule has 1 saturated heterocycles. The second-order valence-electron chi connectivity index (χ2n) is 7.05. The van der Waals surface area contributed by atoms with E-state index >= 15 is 0 Å². The Morgan fingerprint density at radius 2 is 1.93 bits per heavy atom. The molecule has 1 aliphatic rings. The second kappa shape index (κ2) is 7.27. The van der Waals surface area contributed by atoms with Gasteiger partial charge in [-0.15, -0.1) is 0 Å². The van der Waals surface area contributed by atoms with Gasteiger partial charge in [-0.3, -0.25) is 9.59 Å². The number of alkyl halides is 3. The molecular formula is C21H18F3N3O2. The molecular weight excluding hydrogens is 383 g/mol. The van der Waals surface area contributed by atoms with Crippen LogP contribution in [0.1, 0.15) is 27.9 Å². The van der Waals surface area contributed by atoms with Crippen molar-refractivity contribution in [1.29, 1.82) is 0 Å². The Balaban J connectivity index is 1.46. The zero-order valence-electron chi connectivity index (χ0n) is 15.3. The van der Waals surface area contributed by atoms with Crippen LogP contribution in [0.25, 0.3) is 10.9 Å². The lowest BCUT2D eigenvalue weighted by Crippen LogP contribution is -2.37. The highest BCUT2D eigenvalue weighted by molar-refractivity contribution is 6.06. The molecule has 1 fully saturated rings. The predicted molar refractivity (Wildman–Crippen MR) is 101 cm³/mol. The molecule has 3 aromatic rings. The van der Waals surface area contributed by atoms with Gasteiger partial charge in [-0.1, -0.05) is 30.3 Å². The van der Waals surface area contributed by atoms with Crippen molar-refractivity contribution < 1.29 is 22.8 Å². The van der Waals surface area contributed by atoms with Crippen LogP contribution in [0.4, 0.5) is 13.2 Å². The summed E-state index contributed by atoms with van der Waals surface area (Å²) in [6, 6.07) is 11.9. The summed E-state index contributed by atoms with van der Waals surface area (Å²) in [5.74, 6) is -0.612. The highest BCUT2D eigenvalue weighted by Gasteiger charge is 2.36. The number of halogens is 3. The Kier molecular flexibility index (Phi) is 4.77. The molecule has 150 valence electrons. The van der Waals surface area contributed by atoms with E-state index in [4.69, 9.17) is 0 Å². The van der Waals surface area contributed by atoms with Gasteiger partial charge in [0.15, 0.2) is 0 Å². The molecule has 29 heavy (non-hydrogen) atoms. The molecule has 0 saturated carbocycles. The molecule has 0 spiro atoms. The zero-order chi connectivity index (χ0) is 20.6. The molecule has 1 unspecified atom stereocenters. The Bertz CT molecular complexity index is 1070. The van der Waals surface area contributed by atoms with E-state index in [0.717, 1.165) is 11.5 Å². The van der Waals surface area contributed by atoms with Gasteiger partial charge in [0.05, 0.1) is 22.7 Å². The van der Waals surface area contributed by atoms with Crippen LogP contribution in [0.5, 0.6) is 0 Å². The first-order valence-corrected chi connectivity index (χ1v) is 9.13. The third-order valence-electron chi connectivity index (χ3n) is 5.07.